The van der Waals surface area contributed by atoms with Crippen LogP contribution in [0.2, 0.25) is 15.1 Å². The Kier molecular flexibility index (Phi) is 6.18. The zero-order valence-corrected chi connectivity index (χ0v) is 19.1. The normalized spacial score (nSPS) is 11.3. The summed E-state index contributed by atoms with van der Waals surface area (Å²) in [5.74, 6) is 0.807. The molecule has 0 N–H and O–H groups in total. The number of rotatable bonds is 6. The number of fused-ring (bicyclic) bond motifs is 1. The average Bonchev–Trinajstić information content (AvgIpc) is 3.26. The summed E-state index contributed by atoms with van der Waals surface area (Å²) in [7, 11) is 0. The lowest BCUT2D eigenvalue weighted by molar-refractivity contribution is 0.102. The first-order valence-electron chi connectivity index (χ1n) is 8.71. The number of halogens is 3. The van der Waals surface area contributed by atoms with Crippen molar-refractivity contribution in [3.63, 3.8) is 0 Å². The maximum Gasteiger partial charge on any atom is 0.191 e. The Hall–Kier alpha value is -1.57. The minimum Gasteiger partial charge on any atom is -0.302 e. The molecular weight excluding hydrogens is 469 g/mol. The molecule has 2 aromatic heterocycles. The number of hydrogen-bond donors (Lipinski definition) is 0. The standard InChI is InChI=1S/C20H14Cl3N3OS2/c1-2-26-19(18-17(23)13-5-3-4-6-16(13)29-18)24-25-20(26)28-10-15(27)12-8-7-11(21)9-14(12)22/h3-9H,2,10H2,1H3. The molecule has 4 rings (SSSR count). The van der Waals surface area contributed by atoms with Gasteiger partial charge >= 0.3 is 0 Å². The van der Waals surface area contributed by atoms with E-state index in [4.69, 9.17) is 34.8 Å². The highest BCUT2D eigenvalue weighted by atomic mass is 35.5. The summed E-state index contributed by atoms with van der Waals surface area (Å²) >= 11 is 21.6. The van der Waals surface area contributed by atoms with E-state index in [1.807, 2.05) is 35.8 Å². The Morgan fingerprint density at radius 1 is 1.14 bits per heavy atom. The molecule has 0 aliphatic heterocycles. The van der Waals surface area contributed by atoms with Gasteiger partial charge in [-0.25, -0.2) is 0 Å². The van der Waals surface area contributed by atoms with E-state index >= 15 is 0 Å². The second kappa shape index (κ2) is 8.66. The van der Waals surface area contributed by atoms with Crippen LogP contribution in [0.3, 0.4) is 0 Å². The van der Waals surface area contributed by atoms with Crippen LogP contribution in [0.15, 0.2) is 47.6 Å². The molecule has 0 spiro atoms. The third kappa shape index (κ3) is 4.05. The number of benzene rings is 2. The largest absolute Gasteiger partial charge is 0.302 e. The van der Waals surface area contributed by atoms with Crippen LogP contribution in [0.1, 0.15) is 17.3 Å². The minimum absolute atomic E-state index is 0.0937. The van der Waals surface area contributed by atoms with Gasteiger partial charge in [-0.15, -0.1) is 21.5 Å². The second-order valence-electron chi connectivity index (χ2n) is 6.13. The van der Waals surface area contributed by atoms with Crippen LogP contribution in [0.4, 0.5) is 0 Å². The molecular formula is C20H14Cl3N3OS2. The number of hydrogen-bond acceptors (Lipinski definition) is 5. The molecule has 2 aromatic carbocycles. The molecule has 4 nitrogen and oxygen atoms in total. The van der Waals surface area contributed by atoms with Crippen molar-refractivity contribution < 1.29 is 4.79 Å². The number of carbonyl (C=O) groups excluding carboxylic acids is 1. The molecule has 9 heteroatoms. The minimum atomic E-state index is -0.0937. The van der Waals surface area contributed by atoms with Gasteiger partial charge in [0.2, 0.25) is 0 Å². The maximum absolute atomic E-state index is 12.6. The van der Waals surface area contributed by atoms with Crippen molar-refractivity contribution in [1.29, 1.82) is 0 Å². The van der Waals surface area contributed by atoms with Gasteiger partial charge in [-0.2, -0.15) is 0 Å². The average molecular weight is 483 g/mol. The molecule has 0 unspecified atom stereocenters. The number of ketones is 1. The first-order valence-corrected chi connectivity index (χ1v) is 11.6. The molecule has 148 valence electrons. The van der Waals surface area contributed by atoms with E-state index < -0.39 is 0 Å². The molecule has 29 heavy (non-hydrogen) atoms. The van der Waals surface area contributed by atoms with Crippen LogP contribution in [0, 0.1) is 0 Å². The Morgan fingerprint density at radius 3 is 2.66 bits per heavy atom. The van der Waals surface area contributed by atoms with Gasteiger partial charge in [-0.3, -0.25) is 4.79 Å². The van der Waals surface area contributed by atoms with E-state index in [-0.39, 0.29) is 11.5 Å². The van der Waals surface area contributed by atoms with Crippen LogP contribution in [0.5, 0.6) is 0 Å². The van der Waals surface area contributed by atoms with Crippen molar-refractivity contribution in [3.05, 3.63) is 63.1 Å². The van der Waals surface area contributed by atoms with Crippen molar-refractivity contribution in [3.8, 4) is 10.7 Å². The number of aromatic nitrogens is 3. The van der Waals surface area contributed by atoms with E-state index in [0.29, 0.717) is 38.2 Å². The van der Waals surface area contributed by atoms with Crippen LogP contribution >= 0.6 is 57.9 Å². The number of carbonyl (C=O) groups is 1. The van der Waals surface area contributed by atoms with Gasteiger partial charge in [0, 0.05) is 27.2 Å². The first kappa shape index (κ1) is 20.7. The predicted octanol–water partition coefficient (Wildman–Crippen LogP) is 7.11. The maximum atomic E-state index is 12.6. The van der Waals surface area contributed by atoms with Gasteiger partial charge < -0.3 is 4.57 Å². The highest BCUT2D eigenvalue weighted by Gasteiger charge is 2.21. The third-order valence-electron chi connectivity index (χ3n) is 4.33. The molecule has 0 aliphatic rings. The fraction of sp³-hybridized carbons (Fsp3) is 0.150. The van der Waals surface area contributed by atoms with Gasteiger partial charge in [-0.05, 0) is 31.2 Å². The molecule has 0 amide bonds. The highest BCUT2D eigenvalue weighted by Crippen LogP contribution is 2.41. The molecule has 0 fully saturated rings. The van der Waals surface area contributed by atoms with Crippen molar-refractivity contribution in [2.45, 2.75) is 18.6 Å². The first-order chi connectivity index (χ1) is 14.0. The van der Waals surface area contributed by atoms with Crippen LogP contribution in [-0.2, 0) is 6.54 Å². The van der Waals surface area contributed by atoms with Crippen molar-refractivity contribution in [2.75, 3.05) is 5.75 Å². The van der Waals surface area contributed by atoms with Gasteiger partial charge in [0.1, 0.15) is 0 Å². The van der Waals surface area contributed by atoms with Crippen molar-refractivity contribution >= 4 is 73.8 Å². The molecule has 0 atom stereocenters. The van der Waals surface area contributed by atoms with Crippen LogP contribution in [-0.4, -0.2) is 26.3 Å². The van der Waals surface area contributed by atoms with Gasteiger partial charge in [0.05, 0.1) is 20.7 Å². The Balaban J connectivity index is 1.60. The number of nitrogens with zero attached hydrogens (tertiary/aromatic N) is 3. The topological polar surface area (TPSA) is 47.8 Å². The third-order valence-corrected chi connectivity index (χ3v) is 7.52. The summed E-state index contributed by atoms with van der Waals surface area (Å²) in [5.41, 5.74) is 0.443. The number of thioether (sulfide) groups is 1. The van der Waals surface area contributed by atoms with Gasteiger partial charge in [0.15, 0.2) is 16.8 Å². The number of Topliss-reactive ketones (excluding diaryl/α,β-unsaturated/α-hetero) is 1. The Labute approximate surface area is 190 Å². The lowest BCUT2D eigenvalue weighted by Crippen LogP contribution is -2.05. The van der Waals surface area contributed by atoms with Crippen molar-refractivity contribution in [1.82, 2.24) is 14.8 Å². The molecule has 0 saturated heterocycles. The summed E-state index contributed by atoms with van der Waals surface area (Å²) < 4.78 is 3.07. The molecule has 2 heterocycles. The molecule has 0 saturated carbocycles. The quantitative estimate of drug-likeness (QED) is 0.217. The lowest BCUT2D eigenvalue weighted by atomic mass is 10.1. The van der Waals surface area contributed by atoms with Crippen LogP contribution in [0.25, 0.3) is 20.8 Å². The van der Waals surface area contributed by atoms with E-state index in [2.05, 4.69) is 10.2 Å². The lowest BCUT2D eigenvalue weighted by Gasteiger charge is -2.07. The zero-order chi connectivity index (χ0) is 20.5. The van der Waals surface area contributed by atoms with Gasteiger partial charge in [-0.1, -0.05) is 64.8 Å². The van der Waals surface area contributed by atoms with E-state index in [0.717, 1.165) is 15.0 Å². The Morgan fingerprint density at radius 2 is 1.93 bits per heavy atom. The smallest absolute Gasteiger partial charge is 0.191 e. The Bertz CT molecular complexity index is 1220. The van der Waals surface area contributed by atoms with E-state index in [9.17, 15) is 4.79 Å². The highest BCUT2D eigenvalue weighted by molar-refractivity contribution is 7.99. The monoisotopic (exact) mass is 481 g/mol. The predicted molar refractivity (Wildman–Crippen MR) is 123 cm³/mol. The van der Waals surface area contributed by atoms with Crippen LogP contribution < -0.4 is 0 Å². The summed E-state index contributed by atoms with van der Waals surface area (Å²) in [6, 6.07) is 12.8. The molecule has 0 aliphatic carbocycles. The fourth-order valence-electron chi connectivity index (χ4n) is 2.93. The van der Waals surface area contributed by atoms with E-state index in [1.54, 1.807) is 29.5 Å². The van der Waals surface area contributed by atoms with Crippen molar-refractivity contribution in [2.24, 2.45) is 0 Å². The fourth-order valence-corrected chi connectivity index (χ4v) is 5.84. The zero-order valence-electron chi connectivity index (χ0n) is 15.2. The van der Waals surface area contributed by atoms with E-state index in [1.165, 1.54) is 11.8 Å². The summed E-state index contributed by atoms with van der Waals surface area (Å²) in [6.45, 7) is 2.67. The molecule has 4 aromatic rings. The van der Waals surface area contributed by atoms with Gasteiger partial charge in [0.25, 0.3) is 0 Å². The summed E-state index contributed by atoms with van der Waals surface area (Å²) in [4.78, 5) is 13.4. The summed E-state index contributed by atoms with van der Waals surface area (Å²) in [5, 5.41) is 11.8. The SMILES string of the molecule is CCn1c(SCC(=O)c2ccc(Cl)cc2Cl)nnc1-c1sc2ccccc2c1Cl. The molecule has 0 radical (unpaired) electrons. The number of thiophene rings is 1. The molecule has 0 bridgehead atoms. The second-order valence-corrected chi connectivity index (χ2v) is 9.34. The summed E-state index contributed by atoms with van der Waals surface area (Å²) in [6.07, 6.45) is 0.